The van der Waals surface area contributed by atoms with E-state index in [0.717, 1.165) is 27.4 Å². The van der Waals surface area contributed by atoms with Crippen molar-refractivity contribution in [2.24, 2.45) is 0 Å². The molecule has 0 atom stereocenters. The predicted molar refractivity (Wildman–Crippen MR) is 119 cm³/mol. The van der Waals surface area contributed by atoms with Gasteiger partial charge in [-0.25, -0.2) is 12.7 Å². The number of rotatable bonds is 8. The number of carbonyl (C=O) groups is 1. The number of hydrogen-bond donors (Lipinski definition) is 0. The number of ether oxygens (including phenoxy) is 2. The molecule has 0 unspecified atom stereocenters. The molecule has 1 aliphatic rings. The summed E-state index contributed by atoms with van der Waals surface area (Å²) in [7, 11) is -0.699. The predicted octanol–water partition coefficient (Wildman–Crippen LogP) is 3.00. The van der Waals surface area contributed by atoms with Crippen LogP contribution in [0.3, 0.4) is 0 Å². The molecule has 0 N–H and O–H groups in total. The summed E-state index contributed by atoms with van der Waals surface area (Å²) in [6, 6.07) is 10.6. The van der Waals surface area contributed by atoms with Crippen molar-refractivity contribution in [3.05, 3.63) is 53.1 Å². The van der Waals surface area contributed by atoms with Crippen molar-refractivity contribution in [1.29, 1.82) is 0 Å². The molecule has 31 heavy (non-hydrogen) atoms. The van der Waals surface area contributed by atoms with Crippen LogP contribution >= 0.6 is 0 Å². The van der Waals surface area contributed by atoms with Gasteiger partial charge in [0.25, 0.3) is 10.0 Å². The number of benzene rings is 2. The Balaban J connectivity index is 1.79. The molecule has 1 heterocycles. The van der Waals surface area contributed by atoms with Gasteiger partial charge < -0.3 is 9.47 Å². The Labute approximate surface area is 184 Å². The number of hydrogen-bond acceptors (Lipinski definition) is 6. The number of aryl methyl sites for hydroxylation is 1. The van der Waals surface area contributed by atoms with Crippen molar-refractivity contribution in [2.75, 3.05) is 33.9 Å². The van der Waals surface area contributed by atoms with Crippen LogP contribution in [-0.4, -0.2) is 57.4 Å². The van der Waals surface area contributed by atoms with E-state index in [1.165, 1.54) is 6.07 Å². The van der Waals surface area contributed by atoms with Gasteiger partial charge in [-0.05, 0) is 60.7 Å². The second kappa shape index (κ2) is 9.70. The molecular weight excluding hydrogens is 416 g/mol. The lowest BCUT2D eigenvalue weighted by Gasteiger charge is -2.31. The van der Waals surface area contributed by atoms with Crippen LogP contribution in [-0.2, 0) is 27.8 Å². The Morgan fingerprint density at radius 3 is 2.39 bits per heavy atom. The summed E-state index contributed by atoms with van der Waals surface area (Å²) < 4.78 is 38.1. The molecule has 7 nitrogen and oxygen atoms in total. The average Bonchev–Trinajstić information content (AvgIpc) is 2.76. The number of sulfonamides is 1. The van der Waals surface area contributed by atoms with Gasteiger partial charge in [-0.3, -0.25) is 9.69 Å². The van der Waals surface area contributed by atoms with Gasteiger partial charge in [0.05, 0.1) is 25.7 Å². The zero-order chi connectivity index (χ0) is 22.6. The highest BCUT2D eigenvalue weighted by atomic mass is 32.2. The van der Waals surface area contributed by atoms with E-state index in [1.54, 1.807) is 26.4 Å². The first-order valence-corrected chi connectivity index (χ1v) is 11.8. The van der Waals surface area contributed by atoms with Crippen LogP contribution in [0.5, 0.6) is 11.5 Å². The first-order valence-electron chi connectivity index (χ1n) is 10.4. The Morgan fingerprint density at radius 1 is 1.10 bits per heavy atom. The lowest BCUT2D eigenvalue weighted by molar-refractivity contribution is -0.128. The fourth-order valence-electron chi connectivity index (χ4n) is 3.83. The van der Waals surface area contributed by atoms with Crippen molar-refractivity contribution < 1.29 is 22.7 Å². The van der Waals surface area contributed by atoms with Gasteiger partial charge in [0.15, 0.2) is 11.5 Å². The van der Waals surface area contributed by atoms with Crippen LogP contribution in [0, 0.1) is 6.92 Å². The second-order valence-electron chi connectivity index (χ2n) is 7.72. The molecule has 0 bridgehead atoms. The quantitative estimate of drug-likeness (QED) is 0.621. The van der Waals surface area contributed by atoms with Crippen molar-refractivity contribution in [2.45, 2.75) is 38.1 Å². The standard InChI is InChI=1S/C23H30N2O5S/c1-5-10-25(31(27,28)20-8-6-7-17(2)12-20)23(26)16-24-11-9-18-13-21(29-3)22(30-4)14-19(18)15-24/h6-8,12-14H,5,9-11,15-16H2,1-4H3. The van der Waals surface area contributed by atoms with Gasteiger partial charge in [-0.15, -0.1) is 0 Å². The normalized spacial score (nSPS) is 14.1. The Bertz CT molecular complexity index is 1050. The third-order valence-electron chi connectivity index (χ3n) is 5.44. The zero-order valence-electron chi connectivity index (χ0n) is 18.6. The van der Waals surface area contributed by atoms with Crippen LogP contribution in [0.25, 0.3) is 0 Å². The van der Waals surface area contributed by atoms with Gasteiger partial charge in [-0.2, -0.15) is 0 Å². The highest BCUT2D eigenvalue weighted by molar-refractivity contribution is 7.89. The zero-order valence-corrected chi connectivity index (χ0v) is 19.4. The molecule has 0 spiro atoms. The number of fused-ring (bicyclic) bond motifs is 1. The number of nitrogens with zero attached hydrogens (tertiary/aromatic N) is 2. The Hall–Kier alpha value is -2.58. The molecule has 0 saturated heterocycles. The molecule has 8 heteroatoms. The van der Waals surface area contributed by atoms with E-state index in [2.05, 4.69) is 0 Å². The van der Waals surface area contributed by atoms with E-state index < -0.39 is 15.9 Å². The minimum atomic E-state index is -3.90. The lowest BCUT2D eigenvalue weighted by Crippen LogP contribution is -2.45. The second-order valence-corrected chi connectivity index (χ2v) is 9.59. The van der Waals surface area contributed by atoms with E-state index in [9.17, 15) is 13.2 Å². The first-order chi connectivity index (χ1) is 14.8. The number of carbonyl (C=O) groups excluding carboxylic acids is 1. The van der Waals surface area contributed by atoms with Gasteiger partial charge in [-0.1, -0.05) is 19.1 Å². The summed E-state index contributed by atoms with van der Waals surface area (Å²) in [5.74, 6) is 0.917. The van der Waals surface area contributed by atoms with Crippen molar-refractivity contribution in [3.8, 4) is 11.5 Å². The van der Waals surface area contributed by atoms with Crippen LogP contribution < -0.4 is 9.47 Å². The Morgan fingerprint density at radius 2 is 1.77 bits per heavy atom. The van der Waals surface area contributed by atoms with E-state index >= 15 is 0 Å². The summed E-state index contributed by atoms with van der Waals surface area (Å²) >= 11 is 0. The fourth-order valence-corrected chi connectivity index (χ4v) is 5.42. The summed E-state index contributed by atoms with van der Waals surface area (Å²) in [5, 5.41) is 0. The van der Waals surface area contributed by atoms with Crippen molar-refractivity contribution in [3.63, 3.8) is 0 Å². The average molecular weight is 447 g/mol. The summed E-state index contributed by atoms with van der Waals surface area (Å²) in [6.07, 6.45) is 1.30. The summed E-state index contributed by atoms with van der Waals surface area (Å²) in [4.78, 5) is 15.2. The summed E-state index contributed by atoms with van der Waals surface area (Å²) in [5.41, 5.74) is 3.04. The molecule has 0 fully saturated rings. The topological polar surface area (TPSA) is 76.2 Å². The van der Waals surface area contributed by atoms with Crippen molar-refractivity contribution in [1.82, 2.24) is 9.21 Å². The van der Waals surface area contributed by atoms with Crippen LogP contribution in [0.2, 0.25) is 0 Å². The van der Waals surface area contributed by atoms with E-state index in [0.29, 0.717) is 31.0 Å². The molecule has 2 aromatic carbocycles. The molecule has 0 aromatic heterocycles. The minimum Gasteiger partial charge on any atom is -0.493 e. The largest absolute Gasteiger partial charge is 0.493 e. The van der Waals surface area contributed by atoms with Gasteiger partial charge >= 0.3 is 0 Å². The number of methoxy groups -OCH3 is 2. The molecule has 168 valence electrons. The van der Waals surface area contributed by atoms with Crippen molar-refractivity contribution >= 4 is 15.9 Å². The maximum absolute atomic E-state index is 13.2. The third kappa shape index (κ3) is 5.02. The lowest BCUT2D eigenvalue weighted by atomic mass is 9.99. The highest BCUT2D eigenvalue weighted by Gasteiger charge is 2.30. The van der Waals surface area contributed by atoms with Crippen LogP contribution in [0.4, 0.5) is 0 Å². The highest BCUT2D eigenvalue weighted by Crippen LogP contribution is 2.33. The molecule has 0 aliphatic carbocycles. The molecule has 0 saturated carbocycles. The molecule has 3 rings (SSSR count). The molecule has 0 radical (unpaired) electrons. The third-order valence-corrected chi connectivity index (χ3v) is 7.25. The monoisotopic (exact) mass is 446 g/mol. The van der Waals surface area contributed by atoms with Gasteiger partial charge in [0.1, 0.15) is 0 Å². The van der Waals surface area contributed by atoms with Gasteiger partial charge in [0, 0.05) is 19.6 Å². The molecule has 2 aromatic rings. The van der Waals surface area contributed by atoms with Crippen LogP contribution in [0.1, 0.15) is 30.0 Å². The molecular formula is C23H30N2O5S. The maximum atomic E-state index is 13.2. The van der Waals surface area contributed by atoms with E-state index in [-0.39, 0.29) is 18.0 Å². The SMILES string of the molecule is CCCN(C(=O)CN1CCc2cc(OC)c(OC)cc2C1)S(=O)(=O)c1cccc(C)c1. The number of amides is 1. The van der Waals surface area contributed by atoms with E-state index in [4.69, 9.17) is 9.47 Å². The molecule has 1 amide bonds. The van der Waals surface area contributed by atoms with Crippen LogP contribution in [0.15, 0.2) is 41.3 Å². The van der Waals surface area contributed by atoms with E-state index in [1.807, 2.05) is 36.9 Å². The smallest absolute Gasteiger partial charge is 0.266 e. The fraction of sp³-hybridized carbons (Fsp3) is 0.435. The van der Waals surface area contributed by atoms with Gasteiger partial charge in [0.2, 0.25) is 5.91 Å². The minimum absolute atomic E-state index is 0.0405. The Kier molecular flexibility index (Phi) is 7.23. The first kappa shape index (κ1) is 23.1. The maximum Gasteiger partial charge on any atom is 0.266 e. The molecule has 1 aliphatic heterocycles. The summed E-state index contributed by atoms with van der Waals surface area (Å²) in [6.45, 7) is 5.11.